The van der Waals surface area contributed by atoms with E-state index in [-0.39, 0.29) is 24.2 Å². The first kappa shape index (κ1) is 45.8. The number of anilines is 8. The molecule has 382 valence electrons. The largest absolute Gasteiger partial charge is 0.331 e. The number of para-hydroxylation sites is 5. The number of hydrogen-bond acceptors (Lipinski definition) is 8. The summed E-state index contributed by atoms with van der Waals surface area (Å²) in [6.07, 6.45) is 0. The number of benzene rings is 11. The van der Waals surface area contributed by atoms with E-state index in [1.165, 1.54) is 87.6 Å². The molecule has 4 aliphatic heterocycles. The number of nitrogens with zero attached hydrogens (tertiary/aromatic N) is 7. The van der Waals surface area contributed by atoms with Gasteiger partial charge in [0, 0.05) is 87.7 Å². The number of rotatable bonds is 8. The van der Waals surface area contributed by atoms with Gasteiger partial charge in [-0.3, -0.25) is 0 Å². The normalized spacial score (nSPS) is 17.3. The third-order valence-electron chi connectivity index (χ3n) is 17.1. The van der Waals surface area contributed by atoms with Crippen LogP contribution in [0.3, 0.4) is 0 Å². The summed E-state index contributed by atoms with van der Waals surface area (Å²) in [7, 11) is 0. The Hall–Kier alpha value is -10.2. The summed E-state index contributed by atoms with van der Waals surface area (Å²) < 4.78 is 2.55. The second-order valence-electron chi connectivity index (χ2n) is 21.5. The third-order valence-corrected chi connectivity index (χ3v) is 18.2. The molecule has 0 radical (unpaired) electrons. The Morgan fingerprint density at radius 2 is 0.593 bits per heavy atom. The molecule has 13 aromatic rings. The van der Waals surface area contributed by atoms with Crippen molar-refractivity contribution in [2.24, 2.45) is 0 Å². The maximum atomic E-state index is 5.36. The van der Waals surface area contributed by atoms with Crippen molar-refractivity contribution in [1.82, 2.24) is 15.0 Å². The highest BCUT2D eigenvalue weighted by atomic mass is 32.1. The highest BCUT2D eigenvalue weighted by Crippen LogP contribution is 2.64. The van der Waals surface area contributed by atoms with Crippen LogP contribution in [0.1, 0.15) is 46.4 Å². The summed E-state index contributed by atoms with van der Waals surface area (Å²) in [5, 5.41) is 2.53. The Kier molecular flexibility index (Phi) is 10.3. The van der Waals surface area contributed by atoms with Gasteiger partial charge in [-0.2, -0.15) is 9.97 Å². The van der Waals surface area contributed by atoms with Gasteiger partial charge in [0.25, 0.3) is 0 Å². The van der Waals surface area contributed by atoms with Crippen LogP contribution in [0.5, 0.6) is 0 Å². The first-order chi connectivity index (χ1) is 40.2. The molecular formula is C73H49N7S. The topological polar surface area (TPSA) is 51.6 Å². The predicted octanol–water partition coefficient (Wildman–Crippen LogP) is 19.1. The molecule has 4 atom stereocenters. The van der Waals surface area contributed by atoms with Crippen LogP contribution in [-0.2, 0) is 0 Å². The average Bonchev–Trinajstić information content (AvgIpc) is 3.35. The first-order valence-electron chi connectivity index (χ1n) is 27.8. The molecule has 0 spiro atoms. The van der Waals surface area contributed by atoms with Crippen molar-refractivity contribution in [2.75, 3.05) is 19.6 Å². The molecule has 0 bridgehead atoms. The first-order valence-corrected chi connectivity index (χ1v) is 28.6. The number of aromatic nitrogens is 3. The third kappa shape index (κ3) is 7.16. The Morgan fingerprint density at radius 1 is 0.259 bits per heavy atom. The molecule has 81 heavy (non-hydrogen) atoms. The quantitative estimate of drug-likeness (QED) is 0.150. The number of thiophene rings is 1. The van der Waals surface area contributed by atoms with Gasteiger partial charge in [0.1, 0.15) is 0 Å². The lowest BCUT2D eigenvalue weighted by Gasteiger charge is -2.29. The minimum atomic E-state index is -0.125. The Bertz CT molecular complexity index is 4530. The molecule has 0 N–H and O–H groups in total. The van der Waals surface area contributed by atoms with Crippen molar-refractivity contribution >= 4 is 77.3 Å². The molecule has 8 heteroatoms. The zero-order chi connectivity index (χ0) is 53.1. The molecular weight excluding hydrogens is 1010 g/mol. The summed E-state index contributed by atoms with van der Waals surface area (Å²) in [4.78, 5) is 25.9. The molecule has 4 aliphatic rings. The van der Waals surface area contributed by atoms with Gasteiger partial charge in [-0.05, 0) is 119 Å². The minimum Gasteiger partial charge on any atom is -0.331 e. The van der Waals surface area contributed by atoms with Crippen LogP contribution >= 0.6 is 11.3 Å². The van der Waals surface area contributed by atoms with E-state index in [0.717, 1.165) is 28.1 Å². The summed E-state index contributed by atoms with van der Waals surface area (Å²) in [6, 6.07) is 99.3. The predicted molar refractivity (Wildman–Crippen MR) is 333 cm³/mol. The van der Waals surface area contributed by atoms with Crippen molar-refractivity contribution < 1.29 is 0 Å². The monoisotopic (exact) mass is 1060 g/mol. The van der Waals surface area contributed by atoms with E-state index in [4.69, 9.17) is 15.0 Å². The Morgan fingerprint density at radius 3 is 1.04 bits per heavy atom. The molecule has 0 aliphatic carbocycles. The fourth-order valence-electron chi connectivity index (χ4n) is 13.6. The number of fused-ring (bicyclic) bond motifs is 13. The maximum absolute atomic E-state index is 5.36. The van der Waals surface area contributed by atoms with Crippen molar-refractivity contribution in [3.8, 4) is 45.0 Å². The van der Waals surface area contributed by atoms with Crippen LogP contribution in [0.15, 0.2) is 273 Å². The zero-order valence-corrected chi connectivity index (χ0v) is 44.6. The number of hydrogen-bond donors (Lipinski definition) is 0. The van der Waals surface area contributed by atoms with Gasteiger partial charge < -0.3 is 19.6 Å². The molecule has 7 nitrogen and oxygen atoms in total. The Balaban J connectivity index is 0.795. The van der Waals surface area contributed by atoms with Crippen LogP contribution in [0.4, 0.5) is 45.8 Å². The standard InChI is InChI=1S/C73H49N7S/c1-6-20-46(21-7-1)71-74-72(47-22-8-2-9-23-47)76-73(75-71)80-64-39-35-49(45-60(64)70-68(80)56-31-17-19-33-62(56)78(70)53-26-12-4-13-27-53)51-37-41-66-58(43-51)57-42-50(36-40-65(57)81-66)48-34-38-63-59(44-48)69-67(79(63)54-28-14-5-15-29-54)55-30-16-18-32-61(55)77(69)52-24-10-3-11-25-52/h1-45,67-70H. The molecule has 11 aromatic carbocycles. The van der Waals surface area contributed by atoms with Gasteiger partial charge in [-0.25, -0.2) is 4.98 Å². The maximum Gasteiger partial charge on any atom is 0.234 e. The lowest BCUT2D eigenvalue weighted by molar-refractivity contribution is 0.625. The van der Waals surface area contributed by atoms with E-state index in [1.54, 1.807) is 0 Å². The van der Waals surface area contributed by atoms with Gasteiger partial charge in [0.05, 0.1) is 29.9 Å². The van der Waals surface area contributed by atoms with Gasteiger partial charge in [-0.15, -0.1) is 11.3 Å². The van der Waals surface area contributed by atoms with E-state index >= 15 is 0 Å². The van der Waals surface area contributed by atoms with Gasteiger partial charge in [0.15, 0.2) is 11.6 Å². The van der Waals surface area contributed by atoms with Crippen molar-refractivity contribution in [3.05, 3.63) is 295 Å². The van der Waals surface area contributed by atoms with E-state index in [2.05, 4.69) is 256 Å². The summed E-state index contributed by atoms with van der Waals surface area (Å²) in [5.74, 6) is 1.90. The van der Waals surface area contributed by atoms with Crippen LogP contribution in [-0.4, -0.2) is 15.0 Å². The smallest absolute Gasteiger partial charge is 0.234 e. The second-order valence-corrected chi connectivity index (χ2v) is 22.6. The molecule has 0 saturated carbocycles. The van der Waals surface area contributed by atoms with E-state index in [1.807, 2.05) is 47.7 Å². The fraction of sp³-hybridized carbons (Fsp3) is 0.0548. The molecule has 4 unspecified atom stereocenters. The van der Waals surface area contributed by atoms with Crippen molar-refractivity contribution in [2.45, 2.75) is 24.2 Å². The van der Waals surface area contributed by atoms with Gasteiger partial charge in [0.2, 0.25) is 5.95 Å². The average molecular weight is 1060 g/mol. The lowest BCUT2D eigenvalue weighted by Crippen LogP contribution is -2.25. The fourth-order valence-corrected chi connectivity index (χ4v) is 14.7. The Labute approximate surface area is 473 Å². The van der Waals surface area contributed by atoms with Crippen LogP contribution in [0.25, 0.3) is 65.2 Å². The van der Waals surface area contributed by atoms with E-state index in [9.17, 15) is 0 Å². The van der Waals surface area contributed by atoms with Gasteiger partial charge >= 0.3 is 0 Å². The SMILES string of the molecule is c1ccc(-c2nc(-c3ccccc3)nc(N3c4ccc(-c5ccc6sc7ccc(-c8ccc9c(c8)C8C(c%10ccccc%10N8c8ccccc8)N9c8ccccc8)cc7c6c5)cc4C4C3c3ccccc3N4c3ccccc3)n2)cc1. The summed E-state index contributed by atoms with van der Waals surface area (Å²) in [5.41, 5.74) is 20.1. The van der Waals surface area contributed by atoms with E-state index in [0.29, 0.717) is 17.6 Å². The highest BCUT2D eigenvalue weighted by molar-refractivity contribution is 7.25. The van der Waals surface area contributed by atoms with Gasteiger partial charge in [-0.1, -0.05) is 176 Å². The van der Waals surface area contributed by atoms with Crippen LogP contribution in [0.2, 0.25) is 0 Å². The minimum absolute atomic E-state index is 0.0781. The summed E-state index contributed by atoms with van der Waals surface area (Å²) in [6.45, 7) is 0. The lowest BCUT2D eigenvalue weighted by atomic mass is 9.95. The van der Waals surface area contributed by atoms with E-state index < -0.39 is 0 Å². The molecule has 0 saturated heterocycles. The van der Waals surface area contributed by atoms with Crippen molar-refractivity contribution in [1.29, 1.82) is 0 Å². The second kappa shape index (κ2) is 18.2. The molecule has 17 rings (SSSR count). The molecule has 0 fully saturated rings. The van der Waals surface area contributed by atoms with Crippen LogP contribution in [0, 0.1) is 0 Å². The zero-order valence-electron chi connectivity index (χ0n) is 43.8. The van der Waals surface area contributed by atoms with Crippen molar-refractivity contribution in [3.63, 3.8) is 0 Å². The highest BCUT2D eigenvalue weighted by Gasteiger charge is 2.52. The van der Waals surface area contributed by atoms with Crippen LogP contribution < -0.4 is 19.6 Å². The summed E-state index contributed by atoms with van der Waals surface area (Å²) >= 11 is 1.87. The molecule has 6 heterocycles. The molecule has 0 amide bonds. The molecule has 2 aromatic heterocycles.